The molecule has 1 saturated heterocycles. The van der Waals surface area contributed by atoms with Crippen LogP contribution in [0.1, 0.15) is 24.3 Å². The van der Waals surface area contributed by atoms with Gasteiger partial charge >= 0.3 is 0 Å². The number of sulfonamides is 1. The van der Waals surface area contributed by atoms with Gasteiger partial charge in [-0.05, 0) is 68.7 Å². The lowest BCUT2D eigenvalue weighted by Gasteiger charge is -2.29. The Balaban J connectivity index is 1.42. The van der Waals surface area contributed by atoms with Crippen molar-refractivity contribution in [1.82, 2.24) is 24.8 Å². The third-order valence-electron chi connectivity index (χ3n) is 6.59. The molecule has 0 aliphatic carbocycles. The van der Waals surface area contributed by atoms with E-state index in [2.05, 4.69) is 59.4 Å². The zero-order valence-corrected chi connectivity index (χ0v) is 23.3. The van der Waals surface area contributed by atoms with Gasteiger partial charge in [0, 0.05) is 12.4 Å². The van der Waals surface area contributed by atoms with Crippen LogP contribution in [0.4, 0.5) is 28.8 Å². The maximum atomic E-state index is 12.1. The minimum Gasteiger partial charge on any atom is -0.495 e. The van der Waals surface area contributed by atoms with Crippen LogP contribution in [-0.4, -0.2) is 66.8 Å². The average molecular weight is 569 g/mol. The highest BCUT2D eigenvalue weighted by molar-refractivity contribution is 7.92. The standard InChI is InChI=1S/C26H29ClN8O3S/c1-35-12-8-16(9-13-35)17-4-5-19(22(14-17)38-2)32-26-30-15-18(27)25(33-26)31-21-7-6-20-23(29-11-10-28-20)24(21)34-39(3,36)37/h4-7,10-11,14-16,34H,8-9,12-13H2,1-3H3,(H2,30,31,32,33). The number of nitrogens with zero attached hydrogens (tertiary/aromatic N) is 5. The van der Waals surface area contributed by atoms with Gasteiger partial charge in [-0.3, -0.25) is 14.7 Å². The van der Waals surface area contributed by atoms with Gasteiger partial charge in [-0.2, -0.15) is 4.98 Å². The molecule has 1 aliphatic heterocycles. The number of hydrogen-bond donors (Lipinski definition) is 3. The summed E-state index contributed by atoms with van der Waals surface area (Å²) in [6, 6.07) is 9.54. The Kier molecular flexibility index (Phi) is 7.69. The number of nitrogens with one attached hydrogen (secondary N) is 3. The van der Waals surface area contributed by atoms with E-state index >= 15 is 0 Å². The van der Waals surface area contributed by atoms with Crippen molar-refractivity contribution < 1.29 is 13.2 Å². The van der Waals surface area contributed by atoms with E-state index in [4.69, 9.17) is 16.3 Å². The summed E-state index contributed by atoms with van der Waals surface area (Å²) < 4.78 is 32.4. The number of piperidine rings is 1. The summed E-state index contributed by atoms with van der Waals surface area (Å²) in [6.45, 7) is 2.15. The van der Waals surface area contributed by atoms with Crippen molar-refractivity contribution in [3.05, 3.63) is 59.5 Å². The van der Waals surface area contributed by atoms with Gasteiger partial charge in [-0.25, -0.2) is 13.4 Å². The first-order valence-corrected chi connectivity index (χ1v) is 14.6. The minimum atomic E-state index is -3.62. The fraction of sp³-hybridized carbons (Fsp3) is 0.308. The number of rotatable bonds is 8. The van der Waals surface area contributed by atoms with Crippen LogP contribution < -0.4 is 20.1 Å². The van der Waals surface area contributed by atoms with Crippen LogP contribution in [0, 0.1) is 0 Å². The zero-order valence-electron chi connectivity index (χ0n) is 21.8. The lowest BCUT2D eigenvalue weighted by Crippen LogP contribution is -2.29. The van der Waals surface area contributed by atoms with Crippen LogP contribution in [0.25, 0.3) is 11.0 Å². The predicted octanol–water partition coefficient (Wildman–Crippen LogP) is 4.75. The number of fused-ring (bicyclic) bond motifs is 1. The topological polar surface area (TPSA) is 134 Å². The minimum absolute atomic E-state index is 0.235. The maximum Gasteiger partial charge on any atom is 0.229 e. The van der Waals surface area contributed by atoms with Crippen LogP contribution in [0.5, 0.6) is 5.75 Å². The second kappa shape index (κ2) is 11.2. The summed E-state index contributed by atoms with van der Waals surface area (Å²) in [5.41, 5.74) is 3.50. The summed E-state index contributed by atoms with van der Waals surface area (Å²) in [5, 5.41) is 6.57. The lowest BCUT2D eigenvalue weighted by molar-refractivity contribution is 0.255. The normalized spacial score (nSPS) is 14.8. The maximum absolute atomic E-state index is 12.1. The molecule has 0 saturated carbocycles. The molecule has 0 bridgehead atoms. The SMILES string of the molecule is COc1cc(C2CCN(C)CC2)ccc1Nc1ncc(Cl)c(Nc2ccc3nccnc3c2NS(C)(=O)=O)n1. The summed E-state index contributed by atoms with van der Waals surface area (Å²) in [4.78, 5) is 19.8. The molecule has 3 N–H and O–H groups in total. The molecule has 0 spiro atoms. The highest BCUT2D eigenvalue weighted by Crippen LogP contribution is 2.36. The van der Waals surface area contributed by atoms with E-state index in [1.807, 2.05) is 6.07 Å². The Morgan fingerprint density at radius 2 is 1.77 bits per heavy atom. The first kappa shape index (κ1) is 26.9. The van der Waals surface area contributed by atoms with Gasteiger partial charge in [-0.15, -0.1) is 0 Å². The smallest absolute Gasteiger partial charge is 0.229 e. The summed E-state index contributed by atoms with van der Waals surface area (Å²) >= 11 is 6.42. The molecule has 2 aromatic carbocycles. The van der Waals surface area contributed by atoms with Gasteiger partial charge < -0.3 is 20.3 Å². The molecule has 0 radical (unpaired) electrons. The Morgan fingerprint density at radius 3 is 2.51 bits per heavy atom. The molecule has 1 aliphatic rings. The zero-order chi connectivity index (χ0) is 27.6. The fourth-order valence-corrected chi connectivity index (χ4v) is 5.32. The predicted molar refractivity (Wildman–Crippen MR) is 154 cm³/mol. The molecule has 39 heavy (non-hydrogen) atoms. The average Bonchev–Trinajstić information content (AvgIpc) is 2.92. The largest absolute Gasteiger partial charge is 0.495 e. The van der Waals surface area contributed by atoms with Gasteiger partial charge in [-0.1, -0.05) is 17.7 Å². The van der Waals surface area contributed by atoms with Crippen LogP contribution in [0.15, 0.2) is 48.9 Å². The quantitative estimate of drug-likeness (QED) is 0.273. The number of hydrogen-bond acceptors (Lipinski definition) is 10. The molecular formula is C26H29ClN8O3S. The van der Waals surface area contributed by atoms with Crippen LogP contribution in [0.3, 0.4) is 0 Å². The van der Waals surface area contributed by atoms with Crippen molar-refractivity contribution in [2.24, 2.45) is 0 Å². The first-order chi connectivity index (χ1) is 18.7. The van der Waals surface area contributed by atoms with E-state index in [0.29, 0.717) is 34.1 Å². The van der Waals surface area contributed by atoms with Crippen LogP contribution in [-0.2, 0) is 10.0 Å². The molecule has 4 aromatic rings. The van der Waals surface area contributed by atoms with E-state index in [0.717, 1.165) is 32.2 Å². The number of aromatic nitrogens is 4. The van der Waals surface area contributed by atoms with Gasteiger partial charge in [0.05, 0.1) is 42.1 Å². The fourth-order valence-electron chi connectivity index (χ4n) is 4.60. The Bertz CT molecular complexity index is 1610. The van der Waals surface area contributed by atoms with Crippen LogP contribution in [0.2, 0.25) is 5.02 Å². The summed E-state index contributed by atoms with van der Waals surface area (Å²) in [7, 11) is 0.165. The highest BCUT2D eigenvalue weighted by Gasteiger charge is 2.20. The molecule has 204 valence electrons. The number of anilines is 5. The monoisotopic (exact) mass is 568 g/mol. The van der Waals surface area contributed by atoms with Gasteiger partial charge in [0.15, 0.2) is 5.82 Å². The van der Waals surface area contributed by atoms with E-state index in [9.17, 15) is 8.42 Å². The van der Waals surface area contributed by atoms with Crippen molar-refractivity contribution in [2.75, 3.05) is 48.9 Å². The van der Waals surface area contributed by atoms with Crippen molar-refractivity contribution in [3.8, 4) is 5.75 Å². The number of methoxy groups -OCH3 is 1. The second-order valence-electron chi connectivity index (χ2n) is 9.46. The van der Waals surface area contributed by atoms with Crippen molar-refractivity contribution in [2.45, 2.75) is 18.8 Å². The Morgan fingerprint density at radius 1 is 1.03 bits per heavy atom. The number of benzene rings is 2. The first-order valence-electron chi connectivity index (χ1n) is 12.3. The molecule has 2 aromatic heterocycles. The Labute approximate surface area is 232 Å². The summed E-state index contributed by atoms with van der Waals surface area (Å²) in [6.07, 6.45) is 7.77. The number of halogens is 1. The van der Waals surface area contributed by atoms with E-state index < -0.39 is 10.0 Å². The van der Waals surface area contributed by atoms with E-state index in [1.165, 1.54) is 24.2 Å². The Hall–Kier alpha value is -3.74. The second-order valence-corrected chi connectivity index (χ2v) is 11.6. The summed E-state index contributed by atoms with van der Waals surface area (Å²) in [5.74, 6) is 1.74. The van der Waals surface area contributed by atoms with Crippen molar-refractivity contribution >= 4 is 61.5 Å². The van der Waals surface area contributed by atoms with Gasteiger partial charge in [0.1, 0.15) is 16.3 Å². The number of ether oxygens (including phenoxy) is 1. The lowest BCUT2D eigenvalue weighted by atomic mass is 9.89. The molecular weight excluding hydrogens is 540 g/mol. The third-order valence-corrected chi connectivity index (χ3v) is 7.44. The van der Waals surface area contributed by atoms with Gasteiger partial charge in [0.2, 0.25) is 16.0 Å². The van der Waals surface area contributed by atoms with Crippen molar-refractivity contribution in [1.29, 1.82) is 0 Å². The third kappa shape index (κ3) is 6.29. The molecule has 0 atom stereocenters. The van der Waals surface area contributed by atoms with E-state index in [1.54, 1.807) is 19.2 Å². The highest BCUT2D eigenvalue weighted by atomic mass is 35.5. The van der Waals surface area contributed by atoms with Crippen molar-refractivity contribution in [3.63, 3.8) is 0 Å². The van der Waals surface area contributed by atoms with Gasteiger partial charge in [0.25, 0.3) is 0 Å². The molecule has 13 heteroatoms. The van der Waals surface area contributed by atoms with Crippen LogP contribution >= 0.6 is 11.6 Å². The molecule has 1 fully saturated rings. The molecule has 3 heterocycles. The van der Waals surface area contributed by atoms with E-state index in [-0.39, 0.29) is 22.5 Å². The number of likely N-dealkylation sites (tertiary alicyclic amines) is 1. The molecule has 11 nitrogen and oxygen atoms in total. The molecule has 0 unspecified atom stereocenters. The molecule has 0 amide bonds. The molecule has 5 rings (SSSR count).